The van der Waals surface area contributed by atoms with Crippen LogP contribution >= 0.6 is 0 Å². The van der Waals surface area contributed by atoms with Gasteiger partial charge in [-0.15, -0.1) is 0 Å². The van der Waals surface area contributed by atoms with Gasteiger partial charge >= 0.3 is 0 Å². The SMILES string of the molecule is c1ccc(-c2ccccc2Oc2ccc3cnccc3n2)nc1. The summed E-state index contributed by atoms with van der Waals surface area (Å²) in [6.07, 6.45) is 5.28. The minimum Gasteiger partial charge on any atom is -0.438 e. The summed E-state index contributed by atoms with van der Waals surface area (Å²) in [5.41, 5.74) is 2.66. The summed E-state index contributed by atoms with van der Waals surface area (Å²) in [6, 6.07) is 19.3. The number of aromatic nitrogens is 3. The fourth-order valence-corrected chi connectivity index (χ4v) is 2.41. The molecule has 0 unspecified atom stereocenters. The number of fused-ring (bicyclic) bond motifs is 1. The van der Waals surface area contributed by atoms with Crippen molar-refractivity contribution < 1.29 is 4.74 Å². The number of pyridine rings is 3. The Bertz CT molecular complexity index is 955. The van der Waals surface area contributed by atoms with E-state index in [0.717, 1.165) is 27.9 Å². The second kappa shape index (κ2) is 5.85. The molecule has 3 heterocycles. The molecule has 0 aliphatic carbocycles. The van der Waals surface area contributed by atoms with Crippen LogP contribution in [-0.4, -0.2) is 15.0 Å². The highest BCUT2D eigenvalue weighted by molar-refractivity contribution is 5.77. The number of benzene rings is 1. The minimum atomic E-state index is 0.548. The first-order valence-corrected chi connectivity index (χ1v) is 7.29. The third-order valence-electron chi connectivity index (χ3n) is 3.51. The van der Waals surface area contributed by atoms with E-state index in [4.69, 9.17) is 4.74 Å². The molecule has 4 aromatic rings. The van der Waals surface area contributed by atoms with Crippen molar-refractivity contribution in [3.05, 3.63) is 79.3 Å². The molecule has 0 spiro atoms. The van der Waals surface area contributed by atoms with Gasteiger partial charge in [0.25, 0.3) is 0 Å². The van der Waals surface area contributed by atoms with Crippen LogP contribution in [0.3, 0.4) is 0 Å². The molecule has 4 rings (SSSR count). The zero-order chi connectivity index (χ0) is 15.5. The van der Waals surface area contributed by atoms with E-state index < -0.39 is 0 Å². The topological polar surface area (TPSA) is 47.9 Å². The molecule has 4 heteroatoms. The summed E-state index contributed by atoms with van der Waals surface area (Å²) < 4.78 is 6.00. The molecule has 0 amide bonds. The molecule has 23 heavy (non-hydrogen) atoms. The Hall–Kier alpha value is -3.27. The fourth-order valence-electron chi connectivity index (χ4n) is 2.41. The van der Waals surface area contributed by atoms with Crippen molar-refractivity contribution in [2.45, 2.75) is 0 Å². The highest BCUT2D eigenvalue weighted by Gasteiger charge is 2.08. The average molecular weight is 299 g/mol. The van der Waals surface area contributed by atoms with Gasteiger partial charge in [0.1, 0.15) is 5.75 Å². The molecule has 4 nitrogen and oxygen atoms in total. The van der Waals surface area contributed by atoms with Crippen molar-refractivity contribution in [3.63, 3.8) is 0 Å². The fraction of sp³-hybridized carbons (Fsp3) is 0. The van der Waals surface area contributed by atoms with E-state index in [1.807, 2.05) is 60.7 Å². The molecule has 0 N–H and O–H groups in total. The van der Waals surface area contributed by atoms with Gasteiger partial charge in [-0.2, -0.15) is 0 Å². The Morgan fingerprint density at radius 3 is 2.61 bits per heavy atom. The molecule has 0 saturated heterocycles. The molecule has 0 radical (unpaired) electrons. The molecular weight excluding hydrogens is 286 g/mol. The molecule has 110 valence electrons. The van der Waals surface area contributed by atoms with Crippen LogP contribution in [0.4, 0.5) is 0 Å². The Morgan fingerprint density at radius 1 is 0.783 bits per heavy atom. The van der Waals surface area contributed by atoms with Crippen molar-refractivity contribution in [1.82, 2.24) is 15.0 Å². The molecular formula is C19H13N3O. The standard InChI is InChI=1S/C19H13N3O/c1-2-7-18(15(5-1)17-6-3-4-11-21-17)23-19-9-8-14-13-20-12-10-16(14)22-19/h1-13H. The summed E-state index contributed by atoms with van der Waals surface area (Å²) in [5.74, 6) is 1.28. The van der Waals surface area contributed by atoms with Crippen LogP contribution in [0.2, 0.25) is 0 Å². The number of para-hydroxylation sites is 1. The van der Waals surface area contributed by atoms with E-state index in [1.165, 1.54) is 0 Å². The summed E-state index contributed by atoms with van der Waals surface area (Å²) in [4.78, 5) is 13.0. The summed E-state index contributed by atoms with van der Waals surface area (Å²) in [7, 11) is 0. The molecule has 0 fully saturated rings. The maximum atomic E-state index is 6.00. The highest BCUT2D eigenvalue weighted by atomic mass is 16.5. The van der Waals surface area contributed by atoms with Crippen LogP contribution in [0, 0.1) is 0 Å². The lowest BCUT2D eigenvalue weighted by Gasteiger charge is -2.10. The van der Waals surface area contributed by atoms with Gasteiger partial charge in [-0.3, -0.25) is 9.97 Å². The lowest BCUT2D eigenvalue weighted by atomic mass is 10.1. The Balaban J connectivity index is 1.73. The smallest absolute Gasteiger partial charge is 0.219 e. The number of hydrogen-bond acceptors (Lipinski definition) is 4. The van der Waals surface area contributed by atoms with Crippen molar-refractivity contribution in [1.29, 1.82) is 0 Å². The maximum absolute atomic E-state index is 6.00. The van der Waals surface area contributed by atoms with E-state index in [9.17, 15) is 0 Å². The zero-order valence-corrected chi connectivity index (χ0v) is 12.3. The van der Waals surface area contributed by atoms with Crippen molar-refractivity contribution in [2.24, 2.45) is 0 Å². The normalized spacial score (nSPS) is 10.6. The maximum Gasteiger partial charge on any atom is 0.219 e. The molecule has 0 atom stereocenters. The number of nitrogens with zero attached hydrogens (tertiary/aromatic N) is 3. The summed E-state index contributed by atoms with van der Waals surface area (Å²) >= 11 is 0. The first kappa shape index (κ1) is 13.4. The van der Waals surface area contributed by atoms with Gasteiger partial charge in [-0.25, -0.2) is 4.98 Å². The number of rotatable bonds is 3. The number of hydrogen-bond donors (Lipinski definition) is 0. The van der Waals surface area contributed by atoms with E-state index in [0.29, 0.717) is 5.88 Å². The van der Waals surface area contributed by atoms with E-state index >= 15 is 0 Å². The predicted molar refractivity (Wildman–Crippen MR) is 89.3 cm³/mol. The van der Waals surface area contributed by atoms with Gasteiger partial charge < -0.3 is 4.74 Å². The van der Waals surface area contributed by atoms with Crippen molar-refractivity contribution in [3.8, 4) is 22.9 Å². The molecule has 1 aromatic carbocycles. The largest absolute Gasteiger partial charge is 0.438 e. The lowest BCUT2D eigenvalue weighted by molar-refractivity contribution is 0.466. The summed E-state index contributed by atoms with van der Waals surface area (Å²) in [6.45, 7) is 0. The van der Waals surface area contributed by atoms with Crippen LogP contribution in [0.15, 0.2) is 79.3 Å². The van der Waals surface area contributed by atoms with Gasteiger partial charge in [-0.1, -0.05) is 18.2 Å². The van der Waals surface area contributed by atoms with E-state index in [2.05, 4.69) is 15.0 Å². The first-order chi connectivity index (χ1) is 11.4. The third kappa shape index (κ3) is 2.74. The van der Waals surface area contributed by atoms with Crippen LogP contribution < -0.4 is 4.74 Å². The summed E-state index contributed by atoms with van der Waals surface area (Å²) in [5, 5.41) is 0.984. The molecule has 3 aromatic heterocycles. The number of ether oxygens (including phenoxy) is 1. The third-order valence-corrected chi connectivity index (χ3v) is 3.51. The average Bonchev–Trinajstić information content (AvgIpc) is 2.63. The zero-order valence-electron chi connectivity index (χ0n) is 12.3. The Labute approximate surface area is 133 Å². The molecule has 0 bridgehead atoms. The van der Waals surface area contributed by atoms with Gasteiger partial charge in [0.05, 0.1) is 11.2 Å². The molecule has 0 aliphatic rings. The van der Waals surface area contributed by atoms with E-state index in [1.54, 1.807) is 18.6 Å². The Morgan fingerprint density at radius 2 is 1.70 bits per heavy atom. The first-order valence-electron chi connectivity index (χ1n) is 7.29. The van der Waals surface area contributed by atoms with Crippen molar-refractivity contribution in [2.75, 3.05) is 0 Å². The lowest BCUT2D eigenvalue weighted by Crippen LogP contribution is -1.92. The quantitative estimate of drug-likeness (QED) is 0.559. The van der Waals surface area contributed by atoms with Crippen molar-refractivity contribution >= 4 is 10.9 Å². The second-order valence-electron chi connectivity index (χ2n) is 5.03. The van der Waals surface area contributed by atoms with Gasteiger partial charge in [0, 0.05) is 35.6 Å². The molecule has 0 saturated carbocycles. The van der Waals surface area contributed by atoms with Crippen LogP contribution in [0.5, 0.6) is 11.6 Å². The van der Waals surface area contributed by atoms with Crippen LogP contribution in [-0.2, 0) is 0 Å². The minimum absolute atomic E-state index is 0.548. The monoisotopic (exact) mass is 299 g/mol. The van der Waals surface area contributed by atoms with Gasteiger partial charge in [0.2, 0.25) is 5.88 Å². The second-order valence-corrected chi connectivity index (χ2v) is 5.03. The van der Waals surface area contributed by atoms with Gasteiger partial charge in [-0.05, 0) is 36.4 Å². The Kier molecular flexibility index (Phi) is 3.41. The van der Waals surface area contributed by atoms with E-state index in [-0.39, 0.29) is 0 Å². The highest BCUT2D eigenvalue weighted by Crippen LogP contribution is 2.31. The van der Waals surface area contributed by atoms with Crippen LogP contribution in [0.1, 0.15) is 0 Å². The predicted octanol–water partition coefficient (Wildman–Crippen LogP) is 4.48. The van der Waals surface area contributed by atoms with Crippen LogP contribution in [0.25, 0.3) is 22.2 Å². The van der Waals surface area contributed by atoms with Gasteiger partial charge in [0.15, 0.2) is 0 Å². The molecule has 0 aliphatic heterocycles.